The minimum absolute atomic E-state index is 0.308. The number of hydrogen-bond donors (Lipinski definition) is 1. The first-order valence-electron chi connectivity index (χ1n) is 11.2. The van der Waals surface area contributed by atoms with Gasteiger partial charge < -0.3 is 24.2 Å². The van der Waals surface area contributed by atoms with Crippen molar-refractivity contribution in [2.75, 3.05) is 27.2 Å². The Kier molecular flexibility index (Phi) is 6.46. The van der Waals surface area contributed by atoms with Gasteiger partial charge in [0.05, 0.1) is 17.4 Å². The number of carbonyl (C=O) groups is 1. The average Bonchev–Trinajstić information content (AvgIpc) is 3.38. The number of aromatic nitrogens is 1. The van der Waals surface area contributed by atoms with Crippen LogP contribution in [0.3, 0.4) is 0 Å². The second-order valence-corrected chi connectivity index (χ2v) is 9.06. The molecule has 2 heterocycles. The molecule has 1 N–H and O–H groups in total. The highest BCUT2D eigenvalue weighted by Gasteiger charge is 2.24. The van der Waals surface area contributed by atoms with Crippen LogP contribution in [0.25, 0.3) is 11.0 Å². The molecule has 1 saturated heterocycles. The first-order valence-corrected chi connectivity index (χ1v) is 11.2. The van der Waals surface area contributed by atoms with Gasteiger partial charge in [0.15, 0.2) is 5.58 Å². The van der Waals surface area contributed by atoms with Crippen LogP contribution in [0.15, 0.2) is 16.7 Å². The number of aryl methyl sites for hydroxylation is 1. The van der Waals surface area contributed by atoms with Gasteiger partial charge >= 0.3 is 6.09 Å². The zero-order valence-electron chi connectivity index (χ0n) is 18.1. The lowest BCUT2D eigenvalue weighted by atomic mass is 9.91. The lowest BCUT2D eigenvalue weighted by molar-refractivity contribution is 0.123. The quantitative estimate of drug-likeness (QED) is 0.716. The van der Waals surface area contributed by atoms with E-state index in [2.05, 4.69) is 36.3 Å². The Morgan fingerprint density at radius 2 is 1.97 bits per heavy atom. The molecule has 1 aromatic carbocycles. The lowest BCUT2D eigenvalue weighted by Gasteiger charge is -2.29. The summed E-state index contributed by atoms with van der Waals surface area (Å²) in [6.45, 7) is 2.02. The summed E-state index contributed by atoms with van der Waals surface area (Å²) in [5, 5.41) is 14.6. The molecule has 1 saturated carbocycles. The van der Waals surface area contributed by atoms with Crippen molar-refractivity contribution in [1.82, 2.24) is 15.0 Å². The van der Waals surface area contributed by atoms with Crippen molar-refractivity contribution >= 4 is 17.1 Å². The average molecular weight is 416 g/mol. The van der Waals surface area contributed by atoms with Crippen LogP contribution < -0.4 is 4.74 Å². The van der Waals surface area contributed by atoms with E-state index >= 15 is 0 Å². The maximum atomic E-state index is 11.1. The van der Waals surface area contributed by atoms with Crippen molar-refractivity contribution in [2.45, 2.75) is 64.0 Å². The molecule has 0 spiro atoms. The van der Waals surface area contributed by atoms with Crippen LogP contribution in [0, 0.1) is 5.92 Å². The monoisotopic (exact) mass is 415 g/mol. The molecule has 1 aromatic heterocycles. The van der Waals surface area contributed by atoms with Crippen LogP contribution in [0.2, 0.25) is 0 Å². The van der Waals surface area contributed by atoms with Crippen LogP contribution in [-0.4, -0.2) is 59.4 Å². The van der Waals surface area contributed by atoms with E-state index in [0.29, 0.717) is 25.1 Å². The summed E-state index contributed by atoms with van der Waals surface area (Å²) in [7, 11) is 4.11. The Hall–Kier alpha value is -2.28. The largest absolute Gasteiger partial charge is 0.490 e. The Balaban J connectivity index is 1.47. The Labute approximate surface area is 177 Å². The molecule has 0 bridgehead atoms. The molecular formula is C23H33N3O4. The highest BCUT2D eigenvalue weighted by Crippen LogP contribution is 2.34. The summed E-state index contributed by atoms with van der Waals surface area (Å²) in [5.74, 6) is 1.46. The highest BCUT2D eigenvalue weighted by molar-refractivity contribution is 5.84. The molecule has 1 amide bonds. The van der Waals surface area contributed by atoms with Crippen LogP contribution in [-0.2, 0) is 13.0 Å². The number of carboxylic acid groups (broad SMARTS) is 1. The van der Waals surface area contributed by atoms with Gasteiger partial charge in [-0.1, -0.05) is 5.16 Å². The topological polar surface area (TPSA) is 79.0 Å². The predicted octanol–water partition coefficient (Wildman–Crippen LogP) is 4.53. The minimum atomic E-state index is -0.806. The normalized spacial score (nSPS) is 18.6. The van der Waals surface area contributed by atoms with Gasteiger partial charge in [0.1, 0.15) is 5.75 Å². The third-order valence-corrected chi connectivity index (χ3v) is 6.52. The fourth-order valence-corrected chi connectivity index (χ4v) is 4.79. The number of benzene rings is 1. The van der Waals surface area contributed by atoms with Crippen molar-refractivity contribution in [3.63, 3.8) is 0 Å². The van der Waals surface area contributed by atoms with E-state index in [9.17, 15) is 4.79 Å². The van der Waals surface area contributed by atoms with Crippen molar-refractivity contribution in [3.8, 4) is 5.75 Å². The molecule has 0 atom stereocenters. The molecule has 7 heteroatoms. The van der Waals surface area contributed by atoms with E-state index in [0.717, 1.165) is 73.0 Å². The van der Waals surface area contributed by atoms with E-state index in [4.69, 9.17) is 14.4 Å². The summed E-state index contributed by atoms with van der Waals surface area (Å²) in [6.07, 6.45) is 7.96. The SMILES string of the molecule is CN(C)Cc1c(OC2CCCC2)ccc2c(CCC3CCN(C(=O)O)CC3)noc12. The van der Waals surface area contributed by atoms with E-state index in [1.165, 1.54) is 17.7 Å². The third-order valence-electron chi connectivity index (χ3n) is 6.52. The van der Waals surface area contributed by atoms with Gasteiger partial charge in [0.2, 0.25) is 0 Å². The van der Waals surface area contributed by atoms with Crippen molar-refractivity contribution < 1.29 is 19.2 Å². The van der Waals surface area contributed by atoms with Crippen LogP contribution in [0.4, 0.5) is 4.79 Å². The molecule has 2 aliphatic rings. The Morgan fingerprint density at radius 3 is 2.63 bits per heavy atom. The zero-order valence-corrected chi connectivity index (χ0v) is 18.1. The van der Waals surface area contributed by atoms with E-state index < -0.39 is 6.09 Å². The molecular weight excluding hydrogens is 382 g/mol. The second-order valence-electron chi connectivity index (χ2n) is 9.06. The summed E-state index contributed by atoms with van der Waals surface area (Å²) in [6, 6.07) is 4.18. The maximum Gasteiger partial charge on any atom is 0.407 e. The van der Waals surface area contributed by atoms with Crippen LogP contribution >= 0.6 is 0 Å². The summed E-state index contributed by atoms with van der Waals surface area (Å²) < 4.78 is 12.2. The predicted molar refractivity (Wildman–Crippen MR) is 115 cm³/mol. The number of hydrogen-bond acceptors (Lipinski definition) is 5. The van der Waals surface area contributed by atoms with E-state index in [1.54, 1.807) is 0 Å². The molecule has 7 nitrogen and oxygen atoms in total. The molecule has 2 aromatic rings. The first-order chi connectivity index (χ1) is 14.5. The number of amides is 1. The summed E-state index contributed by atoms with van der Waals surface area (Å²) in [4.78, 5) is 14.7. The molecule has 164 valence electrons. The van der Waals surface area contributed by atoms with Gasteiger partial charge in [-0.15, -0.1) is 0 Å². The number of piperidine rings is 1. The lowest BCUT2D eigenvalue weighted by Crippen LogP contribution is -2.37. The van der Waals surface area contributed by atoms with E-state index in [-0.39, 0.29) is 0 Å². The second kappa shape index (κ2) is 9.25. The third kappa shape index (κ3) is 4.72. The Bertz CT molecular complexity index is 865. The molecule has 1 aliphatic carbocycles. The zero-order chi connectivity index (χ0) is 21.1. The smallest absolute Gasteiger partial charge is 0.407 e. The van der Waals surface area contributed by atoms with Crippen LogP contribution in [0.5, 0.6) is 5.75 Å². The number of nitrogens with zero attached hydrogens (tertiary/aromatic N) is 3. The summed E-state index contributed by atoms with van der Waals surface area (Å²) in [5.41, 5.74) is 2.92. The van der Waals surface area contributed by atoms with Gasteiger partial charge in [-0.05, 0) is 83.5 Å². The Morgan fingerprint density at radius 1 is 1.23 bits per heavy atom. The molecule has 1 aliphatic heterocycles. The van der Waals surface area contributed by atoms with Gasteiger partial charge in [-0.25, -0.2) is 4.79 Å². The minimum Gasteiger partial charge on any atom is -0.490 e. The van der Waals surface area contributed by atoms with Crippen molar-refractivity contribution in [3.05, 3.63) is 23.4 Å². The van der Waals surface area contributed by atoms with Crippen molar-refractivity contribution in [2.24, 2.45) is 5.92 Å². The fourth-order valence-electron chi connectivity index (χ4n) is 4.79. The number of likely N-dealkylation sites (tertiary alicyclic amines) is 1. The standard InChI is InChI=1S/C23H33N3O4/c1-25(2)15-19-21(29-17-5-3-4-6-17)10-8-18-20(24-30-22(18)19)9-7-16-11-13-26(14-12-16)23(27)28/h8,10,16-17H,3-7,9,11-15H2,1-2H3,(H,27,28). The van der Waals surface area contributed by atoms with Crippen molar-refractivity contribution in [1.29, 1.82) is 0 Å². The molecule has 2 fully saturated rings. The number of fused-ring (bicyclic) bond motifs is 1. The molecule has 0 radical (unpaired) electrons. The number of rotatable bonds is 7. The number of ether oxygens (including phenoxy) is 1. The maximum absolute atomic E-state index is 11.1. The highest BCUT2D eigenvalue weighted by atomic mass is 16.5. The molecule has 0 unspecified atom stereocenters. The molecule has 30 heavy (non-hydrogen) atoms. The van der Waals surface area contributed by atoms with Gasteiger partial charge in [-0.3, -0.25) is 0 Å². The van der Waals surface area contributed by atoms with Gasteiger partial charge in [0.25, 0.3) is 0 Å². The summed E-state index contributed by atoms with van der Waals surface area (Å²) >= 11 is 0. The fraction of sp³-hybridized carbons (Fsp3) is 0.652. The van der Waals surface area contributed by atoms with Gasteiger partial charge in [-0.2, -0.15) is 0 Å². The van der Waals surface area contributed by atoms with Crippen LogP contribution in [0.1, 0.15) is 56.2 Å². The van der Waals surface area contributed by atoms with E-state index in [1.807, 2.05) is 0 Å². The van der Waals surface area contributed by atoms with Gasteiger partial charge in [0, 0.05) is 25.0 Å². The first kappa shape index (κ1) is 21.0. The molecule has 4 rings (SSSR count).